The third-order valence-corrected chi connectivity index (χ3v) is 3.94. The van der Waals surface area contributed by atoms with Crippen molar-refractivity contribution in [1.82, 2.24) is 15.1 Å². The van der Waals surface area contributed by atoms with Gasteiger partial charge in [0.1, 0.15) is 5.54 Å². The lowest BCUT2D eigenvalue weighted by molar-refractivity contribution is 0.130. The van der Waals surface area contributed by atoms with Gasteiger partial charge in [0.2, 0.25) is 0 Å². The van der Waals surface area contributed by atoms with Crippen LogP contribution in [-0.4, -0.2) is 56.6 Å². The van der Waals surface area contributed by atoms with Crippen LogP contribution in [0.15, 0.2) is 30.3 Å². The number of nitrogens with one attached hydrogen (secondary N) is 1. The van der Waals surface area contributed by atoms with Gasteiger partial charge in [-0.2, -0.15) is 5.26 Å². The van der Waals surface area contributed by atoms with Crippen LogP contribution in [0.1, 0.15) is 5.56 Å². The van der Waals surface area contributed by atoms with Gasteiger partial charge in [-0.1, -0.05) is 30.3 Å². The molecule has 1 saturated heterocycles. The highest BCUT2D eigenvalue weighted by Gasteiger charge is 2.33. The maximum absolute atomic E-state index is 9.66. The molecule has 1 aliphatic heterocycles. The molecule has 0 saturated carbocycles. The molecule has 4 nitrogen and oxygen atoms in total. The normalized spacial score (nSPS) is 20.7. The number of nitrogens with zero attached hydrogens (tertiary/aromatic N) is 3. The molecule has 0 amide bonds. The predicted octanol–water partition coefficient (Wildman–Crippen LogP) is 0.872. The molecule has 0 aliphatic carbocycles. The first-order valence-corrected chi connectivity index (χ1v) is 6.77. The zero-order valence-corrected chi connectivity index (χ0v) is 11.8. The average molecular weight is 258 g/mol. The van der Waals surface area contributed by atoms with Crippen LogP contribution in [0.25, 0.3) is 0 Å². The van der Waals surface area contributed by atoms with Crippen molar-refractivity contribution in [2.75, 3.05) is 46.8 Å². The van der Waals surface area contributed by atoms with E-state index in [-0.39, 0.29) is 0 Å². The van der Waals surface area contributed by atoms with E-state index in [1.807, 2.05) is 37.4 Å². The Morgan fingerprint density at radius 1 is 1.21 bits per heavy atom. The molecule has 1 aromatic rings. The van der Waals surface area contributed by atoms with Gasteiger partial charge in [0.15, 0.2) is 0 Å². The number of nitriles is 1. The summed E-state index contributed by atoms with van der Waals surface area (Å²) in [5, 5.41) is 12.9. The van der Waals surface area contributed by atoms with E-state index >= 15 is 0 Å². The summed E-state index contributed by atoms with van der Waals surface area (Å²) in [6.07, 6.45) is 0. The van der Waals surface area contributed by atoms with Crippen molar-refractivity contribution in [2.24, 2.45) is 0 Å². The third kappa shape index (κ3) is 3.13. The van der Waals surface area contributed by atoms with Gasteiger partial charge in [-0.05, 0) is 19.7 Å². The summed E-state index contributed by atoms with van der Waals surface area (Å²) in [5.41, 5.74) is 0.427. The molecule has 0 spiro atoms. The van der Waals surface area contributed by atoms with E-state index < -0.39 is 5.54 Å². The Labute approximate surface area is 115 Å². The number of likely N-dealkylation sites (N-methyl/N-ethyl adjacent to an activating group) is 2. The van der Waals surface area contributed by atoms with E-state index in [9.17, 15) is 5.26 Å². The molecular formula is C15H22N4. The fourth-order valence-corrected chi connectivity index (χ4v) is 2.53. The number of rotatable bonds is 4. The second kappa shape index (κ2) is 6.16. The maximum atomic E-state index is 9.66. The van der Waals surface area contributed by atoms with Crippen molar-refractivity contribution >= 4 is 0 Å². The van der Waals surface area contributed by atoms with E-state index in [1.54, 1.807) is 0 Å². The molecule has 1 N–H and O–H groups in total. The lowest BCUT2D eigenvalue weighted by atomic mass is 9.90. The van der Waals surface area contributed by atoms with Gasteiger partial charge in [-0.15, -0.1) is 0 Å². The van der Waals surface area contributed by atoms with Crippen LogP contribution in [0.2, 0.25) is 0 Å². The standard InChI is InChI=1S/C15H22N4/c1-17-15(12-16,14-6-4-3-5-7-14)13-19-10-8-18(2)9-11-19/h3-7,17H,8-11,13H2,1-2H3. The lowest BCUT2D eigenvalue weighted by Gasteiger charge is -2.38. The molecule has 2 rings (SSSR count). The van der Waals surface area contributed by atoms with Crippen molar-refractivity contribution in [3.05, 3.63) is 35.9 Å². The second-order valence-electron chi connectivity index (χ2n) is 5.21. The summed E-state index contributed by atoms with van der Waals surface area (Å²) in [6, 6.07) is 12.5. The van der Waals surface area contributed by atoms with Crippen LogP contribution in [-0.2, 0) is 5.54 Å². The molecule has 19 heavy (non-hydrogen) atoms. The van der Waals surface area contributed by atoms with Crippen LogP contribution in [0.3, 0.4) is 0 Å². The second-order valence-corrected chi connectivity index (χ2v) is 5.21. The Hall–Kier alpha value is -1.41. The Morgan fingerprint density at radius 3 is 2.37 bits per heavy atom. The van der Waals surface area contributed by atoms with Crippen molar-refractivity contribution < 1.29 is 0 Å². The Kier molecular flexibility index (Phi) is 4.54. The molecule has 0 radical (unpaired) electrons. The molecule has 1 heterocycles. The SMILES string of the molecule is CNC(C#N)(CN1CCN(C)CC1)c1ccccc1. The molecule has 4 heteroatoms. The van der Waals surface area contributed by atoms with Gasteiger partial charge < -0.3 is 4.90 Å². The van der Waals surface area contributed by atoms with Crippen molar-refractivity contribution in [3.63, 3.8) is 0 Å². The maximum Gasteiger partial charge on any atom is 0.144 e. The van der Waals surface area contributed by atoms with Crippen molar-refractivity contribution in [3.8, 4) is 6.07 Å². The Balaban J connectivity index is 2.14. The number of hydrogen-bond acceptors (Lipinski definition) is 4. The highest BCUT2D eigenvalue weighted by molar-refractivity contribution is 5.32. The zero-order chi connectivity index (χ0) is 13.7. The first-order valence-electron chi connectivity index (χ1n) is 6.77. The van der Waals surface area contributed by atoms with Crippen LogP contribution in [0.4, 0.5) is 0 Å². The van der Waals surface area contributed by atoms with Gasteiger partial charge in [-0.3, -0.25) is 10.2 Å². The molecule has 1 aliphatic rings. The zero-order valence-electron chi connectivity index (χ0n) is 11.8. The monoisotopic (exact) mass is 258 g/mol. The van der Waals surface area contributed by atoms with Gasteiger partial charge >= 0.3 is 0 Å². The third-order valence-electron chi connectivity index (χ3n) is 3.94. The van der Waals surface area contributed by atoms with E-state index in [2.05, 4.69) is 28.2 Å². The minimum absolute atomic E-state index is 0.614. The van der Waals surface area contributed by atoms with Crippen molar-refractivity contribution in [2.45, 2.75) is 5.54 Å². The Bertz CT molecular complexity index is 431. The number of benzene rings is 1. The van der Waals surface area contributed by atoms with Crippen LogP contribution < -0.4 is 5.32 Å². The number of piperazine rings is 1. The van der Waals surface area contributed by atoms with E-state index in [0.29, 0.717) is 0 Å². The topological polar surface area (TPSA) is 42.3 Å². The highest BCUT2D eigenvalue weighted by Crippen LogP contribution is 2.22. The smallest absolute Gasteiger partial charge is 0.144 e. The molecule has 1 fully saturated rings. The summed E-state index contributed by atoms with van der Waals surface area (Å²) >= 11 is 0. The van der Waals surface area contributed by atoms with Crippen molar-refractivity contribution in [1.29, 1.82) is 5.26 Å². The molecule has 1 unspecified atom stereocenters. The van der Waals surface area contributed by atoms with Crippen LogP contribution >= 0.6 is 0 Å². The summed E-state index contributed by atoms with van der Waals surface area (Å²) in [4.78, 5) is 4.69. The highest BCUT2D eigenvalue weighted by atomic mass is 15.3. The Morgan fingerprint density at radius 2 is 1.84 bits per heavy atom. The molecular weight excluding hydrogens is 236 g/mol. The molecule has 1 aromatic carbocycles. The minimum Gasteiger partial charge on any atom is -0.304 e. The van der Waals surface area contributed by atoms with Gasteiger partial charge in [0.05, 0.1) is 6.07 Å². The summed E-state index contributed by atoms with van der Waals surface area (Å²) < 4.78 is 0. The fraction of sp³-hybridized carbons (Fsp3) is 0.533. The number of hydrogen-bond donors (Lipinski definition) is 1. The first-order chi connectivity index (χ1) is 9.20. The average Bonchev–Trinajstić information content (AvgIpc) is 2.48. The van der Waals surface area contributed by atoms with E-state index in [4.69, 9.17) is 0 Å². The quantitative estimate of drug-likeness (QED) is 0.870. The fourth-order valence-electron chi connectivity index (χ4n) is 2.53. The summed E-state index contributed by atoms with van der Waals surface area (Å²) in [5.74, 6) is 0. The van der Waals surface area contributed by atoms with Crippen LogP contribution in [0, 0.1) is 11.3 Å². The summed E-state index contributed by atoms with van der Waals surface area (Å²) in [6.45, 7) is 4.92. The van der Waals surface area contributed by atoms with Gasteiger partial charge in [-0.25, -0.2) is 0 Å². The van der Waals surface area contributed by atoms with Gasteiger partial charge in [0, 0.05) is 32.7 Å². The van der Waals surface area contributed by atoms with Gasteiger partial charge in [0.25, 0.3) is 0 Å². The molecule has 0 aromatic heterocycles. The van der Waals surface area contributed by atoms with E-state index in [0.717, 1.165) is 38.3 Å². The molecule has 1 atom stereocenters. The predicted molar refractivity (Wildman–Crippen MR) is 76.7 cm³/mol. The minimum atomic E-state index is -0.614. The molecule has 102 valence electrons. The largest absolute Gasteiger partial charge is 0.304 e. The van der Waals surface area contributed by atoms with Crippen LogP contribution in [0.5, 0.6) is 0 Å². The first kappa shape index (κ1) is 14.0. The lowest BCUT2D eigenvalue weighted by Crippen LogP contribution is -2.53. The summed E-state index contributed by atoms with van der Waals surface area (Å²) in [7, 11) is 4.01. The molecule has 0 bridgehead atoms. The van der Waals surface area contributed by atoms with E-state index in [1.165, 1.54) is 0 Å².